The lowest BCUT2D eigenvalue weighted by Crippen LogP contribution is -2.30. The summed E-state index contributed by atoms with van der Waals surface area (Å²) in [7, 11) is 0. The summed E-state index contributed by atoms with van der Waals surface area (Å²) < 4.78 is 1.70. The third kappa shape index (κ3) is 4.92. The molecule has 5 nitrogen and oxygen atoms in total. The molecule has 0 N–H and O–H groups in total. The van der Waals surface area contributed by atoms with Crippen LogP contribution < -0.4 is 5.56 Å². The number of nitrogens with zero attached hydrogens (tertiary/aromatic N) is 3. The fourth-order valence-electron chi connectivity index (χ4n) is 4.12. The number of rotatable bonds is 7. The maximum absolute atomic E-state index is 13.7. The molecule has 0 atom stereocenters. The van der Waals surface area contributed by atoms with Crippen LogP contribution >= 0.6 is 11.8 Å². The van der Waals surface area contributed by atoms with E-state index in [1.165, 1.54) is 11.8 Å². The molecule has 3 aromatic carbocycles. The predicted octanol–water partition coefficient (Wildman–Crippen LogP) is 5.78. The number of aryl methyl sites for hydroxylation is 2. The van der Waals surface area contributed by atoms with Crippen molar-refractivity contribution in [3.05, 3.63) is 99.3 Å². The van der Waals surface area contributed by atoms with E-state index in [1.54, 1.807) is 27.7 Å². The summed E-state index contributed by atoms with van der Waals surface area (Å²) in [6.07, 6.45) is 0. The standard InChI is InChI=1S/C28H29N3O2S/c1-5-30(6-2)26(32)22-12-13-24-25(17-22)29-28(34-18-21-10-8-7-9-11-21)31(27(24)33)23-15-19(3)14-20(4)16-23/h7-17H,5-6,18H2,1-4H3. The average Bonchev–Trinajstić information content (AvgIpc) is 2.83. The molecule has 0 aliphatic carbocycles. The van der Waals surface area contributed by atoms with Crippen molar-refractivity contribution >= 4 is 28.6 Å². The molecule has 0 fully saturated rings. The Balaban J connectivity index is 1.87. The van der Waals surface area contributed by atoms with Gasteiger partial charge in [0.05, 0.1) is 16.6 Å². The summed E-state index contributed by atoms with van der Waals surface area (Å²) in [5.74, 6) is 0.632. The molecule has 1 heterocycles. The molecule has 1 aromatic heterocycles. The molecule has 34 heavy (non-hydrogen) atoms. The van der Waals surface area contributed by atoms with E-state index in [2.05, 4.69) is 18.2 Å². The van der Waals surface area contributed by atoms with Crippen LogP contribution in [-0.2, 0) is 5.75 Å². The smallest absolute Gasteiger partial charge is 0.266 e. The first-order valence-corrected chi connectivity index (χ1v) is 12.5. The number of benzene rings is 3. The van der Waals surface area contributed by atoms with Gasteiger partial charge in [-0.2, -0.15) is 0 Å². The lowest BCUT2D eigenvalue weighted by atomic mass is 10.1. The molecule has 0 spiro atoms. The summed E-state index contributed by atoms with van der Waals surface area (Å²) in [5, 5.41) is 1.11. The van der Waals surface area contributed by atoms with Gasteiger partial charge in [0, 0.05) is 24.4 Å². The molecule has 0 radical (unpaired) electrons. The van der Waals surface area contributed by atoms with Crippen molar-refractivity contribution in [2.75, 3.05) is 13.1 Å². The Morgan fingerprint density at radius 2 is 1.62 bits per heavy atom. The molecule has 1 amide bonds. The number of carbonyl (C=O) groups excluding carboxylic acids is 1. The lowest BCUT2D eigenvalue weighted by molar-refractivity contribution is 0.0773. The molecule has 0 unspecified atom stereocenters. The molecule has 4 aromatic rings. The van der Waals surface area contributed by atoms with Crippen molar-refractivity contribution in [3.8, 4) is 5.69 Å². The summed E-state index contributed by atoms with van der Waals surface area (Å²) in [4.78, 5) is 33.3. The molecule has 174 valence electrons. The summed E-state index contributed by atoms with van der Waals surface area (Å²) in [6.45, 7) is 9.24. The Kier molecular flexibility index (Phi) is 7.17. The fourth-order valence-corrected chi connectivity index (χ4v) is 5.09. The largest absolute Gasteiger partial charge is 0.339 e. The molecule has 0 aliphatic rings. The topological polar surface area (TPSA) is 55.2 Å². The SMILES string of the molecule is CCN(CC)C(=O)c1ccc2c(=O)n(-c3cc(C)cc(C)c3)c(SCc3ccccc3)nc2c1. The van der Waals surface area contributed by atoms with Crippen molar-refractivity contribution < 1.29 is 4.79 Å². The van der Waals surface area contributed by atoms with Gasteiger partial charge in [0.2, 0.25) is 0 Å². The first-order valence-electron chi connectivity index (χ1n) is 11.5. The van der Waals surface area contributed by atoms with E-state index in [4.69, 9.17) is 4.98 Å². The van der Waals surface area contributed by atoms with Crippen LogP contribution in [0.25, 0.3) is 16.6 Å². The van der Waals surface area contributed by atoms with Gasteiger partial charge < -0.3 is 4.90 Å². The van der Waals surface area contributed by atoms with E-state index >= 15 is 0 Å². The molecule has 6 heteroatoms. The minimum Gasteiger partial charge on any atom is -0.339 e. The number of fused-ring (bicyclic) bond motifs is 1. The molecule has 0 saturated heterocycles. The quantitative estimate of drug-likeness (QED) is 0.253. The average molecular weight is 472 g/mol. The van der Waals surface area contributed by atoms with E-state index in [-0.39, 0.29) is 11.5 Å². The van der Waals surface area contributed by atoms with Crippen molar-refractivity contribution in [2.45, 2.75) is 38.6 Å². The van der Waals surface area contributed by atoms with Crippen LogP contribution in [-0.4, -0.2) is 33.4 Å². The van der Waals surface area contributed by atoms with Gasteiger partial charge in [0.1, 0.15) is 0 Å². The monoisotopic (exact) mass is 471 g/mol. The molecular weight excluding hydrogens is 442 g/mol. The highest BCUT2D eigenvalue weighted by atomic mass is 32.2. The second-order valence-electron chi connectivity index (χ2n) is 8.36. The molecule has 4 rings (SSSR count). The van der Waals surface area contributed by atoms with Gasteiger partial charge in [-0.15, -0.1) is 0 Å². The van der Waals surface area contributed by atoms with Crippen LogP contribution in [0.4, 0.5) is 0 Å². The van der Waals surface area contributed by atoms with Crippen LogP contribution in [0.3, 0.4) is 0 Å². The van der Waals surface area contributed by atoms with E-state index < -0.39 is 0 Å². The van der Waals surface area contributed by atoms with Crippen molar-refractivity contribution in [3.63, 3.8) is 0 Å². The first-order chi connectivity index (χ1) is 16.4. The van der Waals surface area contributed by atoms with Gasteiger partial charge in [0.15, 0.2) is 5.16 Å². The fraction of sp³-hybridized carbons (Fsp3) is 0.250. The van der Waals surface area contributed by atoms with Crippen LogP contribution in [0.5, 0.6) is 0 Å². The normalized spacial score (nSPS) is 11.1. The third-order valence-electron chi connectivity index (χ3n) is 5.81. The lowest BCUT2D eigenvalue weighted by Gasteiger charge is -2.19. The number of thioether (sulfide) groups is 1. The van der Waals surface area contributed by atoms with Gasteiger partial charge in [-0.1, -0.05) is 48.2 Å². The zero-order valence-electron chi connectivity index (χ0n) is 20.0. The zero-order valence-corrected chi connectivity index (χ0v) is 20.9. The summed E-state index contributed by atoms with van der Waals surface area (Å²) in [6, 6.07) is 21.4. The number of hydrogen-bond donors (Lipinski definition) is 0. The van der Waals surface area contributed by atoms with Crippen LogP contribution in [0.15, 0.2) is 76.7 Å². The zero-order chi connectivity index (χ0) is 24.2. The maximum Gasteiger partial charge on any atom is 0.266 e. The van der Waals surface area contributed by atoms with E-state index in [1.807, 2.05) is 58.0 Å². The Labute approximate surface area is 204 Å². The van der Waals surface area contributed by atoms with E-state index in [9.17, 15) is 9.59 Å². The molecular formula is C28H29N3O2S. The highest BCUT2D eigenvalue weighted by Gasteiger charge is 2.18. The van der Waals surface area contributed by atoms with Gasteiger partial charge in [-0.25, -0.2) is 4.98 Å². The Hall–Kier alpha value is -3.38. The van der Waals surface area contributed by atoms with Gasteiger partial charge in [-0.05, 0) is 74.7 Å². The number of amides is 1. The van der Waals surface area contributed by atoms with Crippen LogP contribution in [0.2, 0.25) is 0 Å². The molecule has 0 bridgehead atoms. The number of carbonyl (C=O) groups is 1. The molecule has 0 aliphatic heterocycles. The van der Waals surface area contributed by atoms with Crippen molar-refractivity contribution in [1.82, 2.24) is 14.5 Å². The summed E-state index contributed by atoms with van der Waals surface area (Å²) in [5.41, 5.74) is 5.08. The van der Waals surface area contributed by atoms with Gasteiger partial charge in [-0.3, -0.25) is 14.2 Å². The van der Waals surface area contributed by atoms with Crippen LogP contribution in [0.1, 0.15) is 40.9 Å². The Morgan fingerprint density at radius 1 is 0.941 bits per heavy atom. The van der Waals surface area contributed by atoms with Crippen molar-refractivity contribution in [1.29, 1.82) is 0 Å². The first kappa shape index (κ1) is 23.8. The highest BCUT2D eigenvalue weighted by molar-refractivity contribution is 7.98. The number of aromatic nitrogens is 2. The third-order valence-corrected chi connectivity index (χ3v) is 6.82. The van der Waals surface area contributed by atoms with Crippen LogP contribution in [0, 0.1) is 13.8 Å². The highest BCUT2D eigenvalue weighted by Crippen LogP contribution is 2.26. The van der Waals surface area contributed by atoms with E-state index in [0.717, 1.165) is 22.4 Å². The summed E-state index contributed by atoms with van der Waals surface area (Å²) >= 11 is 1.52. The minimum absolute atomic E-state index is 0.0503. The van der Waals surface area contributed by atoms with Crippen molar-refractivity contribution in [2.24, 2.45) is 0 Å². The second-order valence-corrected chi connectivity index (χ2v) is 9.31. The second kappa shape index (κ2) is 10.3. The molecule has 0 saturated carbocycles. The maximum atomic E-state index is 13.7. The Morgan fingerprint density at radius 3 is 2.26 bits per heavy atom. The van der Waals surface area contributed by atoms with Gasteiger partial charge >= 0.3 is 0 Å². The van der Waals surface area contributed by atoms with E-state index in [0.29, 0.717) is 40.5 Å². The predicted molar refractivity (Wildman–Crippen MR) is 140 cm³/mol. The number of hydrogen-bond acceptors (Lipinski definition) is 4. The minimum atomic E-state index is -0.132. The Bertz CT molecular complexity index is 1370. The van der Waals surface area contributed by atoms with Gasteiger partial charge in [0.25, 0.3) is 11.5 Å².